The summed E-state index contributed by atoms with van der Waals surface area (Å²) < 4.78 is 12.6. The van der Waals surface area contributed by atoms with E-state index in [-0.39, 0.29) is 5.82 Å². The van der Waals surface area contributed by atoms with E-state index < -0.39 is 0 Å². The number of rotatable bonds is 7. The second-order valence-electron chi connectivity index (χ2n) is 3.74. The number of nitrogens with zero attached hydrogens (tertiary/aromatic N) is 1. The Kier molecular flexibility index (Phi) is 6.20. The average Bonchev–Trinajstić information content (AvgIpc) is 2.30. The molecule has 1 N–H and O–H groups in total. The molecule has 0 aliphatic carbocycles. The summed E-state index contributed by atoms with van der Waals surface area (Å²) in [5, 5.41) is 11.6. The van der Waals surface area contributed by atoms with Gasteiger partial charge in [-0.05, 0) is 50.0 Å². The topological polar surface area (TPSA) is 35.8 Å². The Bertz CT molecular complexity index is 327. The quantitative estimate of drug-likeness (QED) is 0.717. The van der Waals surface area contributed by atoms with Crippen LogP contribution in [0.5, 0.6) is 0 Å². The zero-order valence-electron chi connectivity index (χ0n) is 9.38. The van der Waals surface area contributed by atoms with Gasteiger partial charge < -0.3 is 5.32 Å². The maximum Gasteiger partial charge on any atom is 0.123 e. The molecule has 0 fully saturated rings. The van der Waals surface area contributed by atoms with Gasteiger partial charge in [-0.3, -0.25) is 0 Å². The van der Waals surface area contributed by atoms with Crippen LogP contribution in [0.3, 0.4) is 0 Å². The second-order valence-corrected chi connectivity index (χ2v) is 3.74. The van der Waals surface area contributed by atoms with E-state index >= 15 is 0 Å². The Labute approximate surface area is 96.1 Å². The number of nitriles is 1. The van der Waals surface area contributed by atoms with Crippen molar-refractivity contribution in [2.24, 2.45) is 0 Å². The molecule has 86 valence electrons. The van der Waals surface area contributed by atoms with E-state index in [1.165, 1.54) is 12.1 Å². The van der Waals surface area contributed by atoms with Gasteiger partial charge in [-0.1, -0.05) is 12.1 Å². The van der Waals surface area contributed by atoms with Crippen LogP contribution in [0.15, 0.2) is 24.3 Å². The Hall–Kier alpha value is -1.40. The highest BCUT2D eigenvalue weighted by Crippen LogP contribution is 2.02. The molecule has 3 heteroatoms. The van der Waals surface area contributed by atoms with Gasteiger partial charge >= 0.3 is 0 Å². The predicted molar refractivity (Wildman–Crippen MR) is 62.4 cm³/mol. The van der Waals surface area contributed by atoms with E-state index in [1.54, 1.807) is 0 Å². The van der Waals surface area contributed by atoms with E-state index in [0.717, 1.165) is 37.9 Å². The molecule has 0 saturated carbocycles. The number of nitrogens with one attached hydrogen (secondary N) is 1. The number of halogens is 1. The number of benzene rings is 1. The molecule has 0 spiro atoms. The van der Waals surface area contributed by atoms with Crippen LogP contribution in [-0.2, 0) is 6.42 Å². The maximum atomic E-state index is 12.6. The molecule has 0 aliphatic rings. The Balaban J connectivity index is 2.03. The van der Waals surface area contributed by atoms with Crippen molar-refractivity contribution in [3.8, 4) is 6.07 Å². The molecule has 0 amide bonds. The molecule has 0 atom stereocenters. The highest BCUT2D eigenvalue weighted by molar-refractivity contribution is 5.16. The van der Waals surface area contributed by atoms with Gasteiger partial charge in [-0.2, -0.15) is 5.26 Å². The van der Waals surface area contributed by atoms with E-state index in [2.05, 4.69) is 11.4 Å². The third-order valence-electron chi connectivity index (χ3n) is 2.40. The third-order valence-corrected chi connectivity index (χ3v) is 2.40. The molecular weight excluding hydrogens is 203 g/mol. The molecule has 0 radical (unpaired) electrons. The zero-order chi connectivity index (χ0) is 11.6. The molecule has 0 aliphatic heterocycles. The number of hydrogen-bond donors (Lipinski definition) is 1. The highest BCUT2D eigenvalue weighted by atomic mass is 19.1. The first-order valence-corrected chi connectivity index (χ1v) is 5.65. The van der Waals surface area contributed by atoms with Crippen LogP contribution in [0.2, 0.25) is 0 Å². The van der Waals surface area contributed by atoms with Gasteiger partial charge in [-0.15, -0.1) is 0 Å². The molecule has 0 saturated heterocycles. The first kappa shape index (κ1) is 12.7. The third kappa shape index (κ3) is 5.47. The van der Waals surface area contributed by atoms with Crippen LogP contribution in [0.25, 0.3) is 0 Å². The lowest BCUT2D eigenvalue weighted by atomic mass is 10.1. The fraction of sp³-hybridized carbons (Fsp3) is 0.462. The summed E-state index contributed by atoms with van der Waals surface area (Å²) in [6.45, 7) is 1.85. The summed E-state index contributed by atoms with van der Waals surface area (Å²) in [7, 11) is 0. The van der Waals surface area contributed by atoms with Crippen molar-refractivity contribution >= 4 is 0 Å². The van der Waals surface area contributed by atoms with Crippen LogP contribution in [0.4, 0.5) is 4.39 Å². The average molecular weight is 220 g/mol. The first-order valence-electron chi connectivity index (χ1n) is 5.65. The second kappa shape index (κ2) is 7.84. The van der Waals surface area contributed by atoms with Gasteiger partial charge in [0.05, 0.1) is 6.07 Å². The molecular formula is C13H17FN2. The van der Waals surface area contributed by atoms with Crippen molar-refractivity contribution in [2.45, 2.75) is 25.7 Å². The van der Waals surface area contributed by atoms with Crippen LogP contribution >= 0.6 is 0 Å². The normalized spacial score (nSPS) is 10.0. The van der Waals surface area contributed by atoms with E-state index in [0.29, 0.717) is 6.42 Å². The molecule has 1 aromatic rings. The van der Waals surface area contributed by atoms with Crippen molar-refractivity contribution in [1.82, 2.24) is 5.32 Å². The molecule has 1 aromatic carbocycles. The summed E-state index contributed by atoms with van der Waals surface area (Å²) in [5.74, 6) is -0.187. The number of hydrogen-bond acceptors (Lipinski definition) is 2. The van der Waals surface area contributed by atoms with Crippen molar-refractivity contribution in [1.29, 1.82) is 5.26 Å². The minimum Gasteiger partial charge on any atom is -0.316 e. The van der Waals surface area contributed by atoms with Gasteiger partial charge in [0.15, 0.2) is 0 Å². The minimum absolute atomic E-state index is 0.187. The van der Waals surface area contributed by atoms with Crippen molar-refractivity contribution < 1.29 is 4.39 Å². The van der Waals surface area contributed by atoms with Gasteiger partial charge in [0.2, 0.25) is 0 Å². The fourth-order valence-corrected chi connectivity index (χ4v) is 1.46. The van der Waals surface area contributed by atoms with Crippen LogP contribution in [-0.4, -0.2) is 13.1 Å². The lowest BCUT2D eigenvalue weighted by Crippen LogP contribution is -2.18. The smallest absolute Gasteiger partial charge is 0.123 e. The molecule has 0 bridgehead atoms. The summed E-state index contributed by atoms with van der Waals surface area (Å²) >= 11 is 0. The minimum atomic E-state index is -0.187. The summed E-state index contributed by atoms with van der Waals surface area (Å²) in [6, 6.07) is 8.73. The Morgan fingerprint density at radius 2 is 1.88 bits per heavy atom. The number of unbranched alkanes of at least 4 members (excludes halogenated alkanes) is 2. The summed E-state index contributed by atoms with van der Waals surface area (Å²) in [6.07, 6.45) is 3.55. The lowest BCUT2D eigenvalue weighted by Gasteiger charge is -2.04. The highest BCUT2D eigenvalue weighted by Gasteiger charge is 1.94. The molecule has 0 unspecified atom stereocenters. The molecule has 1 rings (SSSR count). The predicted octanol–water partition coefficient (Wildman–Crippen LogP) is 2.65. The Morgan fingerprint density at radius 1 is 1.12 bits per heavy atom. The maximum absolute atomic E-state index is 12.6. The summed E-state index contributed by atoms with van der Waals surface area (Å²) in [4.78, 5) is 0. The first-order chi connectivity index (χ1) is 7.83. The van der Waals surface area contributed by atoms with Gasteiger partial charge in [-0.25, -0.2) is 4.39 Å². The fourth-order valence-electron chi connectivity index (χ4n) is 1.46. The monoisotopic (exact) mass is 220 g/mol. The molecule has 2 nitrogen and oxygen atoms in total. The van der Waals surface area contributed by atoms with E-state index in [4.69, 9.17) is 5.26 Å². The van der Waals surface area contributed by atoms with Gasteiger partial charge in [0.1, 0.15) is 5.82 Å². The molecule has 0 heterocycles. The van der Waals surface area contributed by atoms with Crippen molar-refractivity contribution in [2.75, 3.05) is 13.1 Å². The molecule has 0 aromatic heterocycles. The van der Waals surface area contributed by atoms with Crippen molar-refractivity contribution in [3.63, 3.8) is 0 Å². The van der Waals surface area contributed by atoms with Gasteiger partial charge in [0.25, 0.3) is 0 Å². The lowest BCUT2D eigenvalue weighted by molar-refractivity contribution is 0.620. The van der Waals surface area contributed by atoms with Crippen LogP contribution in [0, 0.1) is 17.1 Å². The van der Waals surface area contributed by atoms with Crippen molar-refractivity contribution in [3.05, 3.63) is 35.6 Å². The summed E-state index contributed by atoms with van der Waals surface area (Å²) in [5.41, 5.74) is 1.14. The standard InChI is InChI=1S/C13H17FN2/c14-13-6-4-12(5-7-13)8-11-16-10-3-1-2-9-15/h4-7,16H,1-3,8,10-11H2. The van der Waals surface area contributed by atoms with Crippen LogP contribution in [0.1, 0.15) is 24.8 Å². The van der Waals surface area contributed by atoms with Crippen LogP contribution < -0.4 is 5.32 Å². The Morgan fingerprint density at radius 3 is 2.56 bits per heavy atom. The SMILES string of the molecule is N#CCCCCNCCc1ccc(F)cc1. The largest absolute Gasteiger partial charge is 0.316 e. The van der Waals surface area contributed by atoms with E-state index in [9.17, 15) is 4.39 Å². The molecule has 16 heavy (non-hydrogen) atoms. The van der Waals surface area contributed by atoms with E-state index in [1.807, 2.05) is 12.1 Å². The van der Waals surface area contributed by atoms with Gasteiger partial charge in [0, 0.05) is 6.42 Å². The zero-order valence-corrected chi connectivity index (χ0v) is 9.38.